The van der Waals surface area contributed by atoms with Gasteiger partial charge in [-0.15, -0.1) is 11.3 Å². The number of Topliss-reactive ketones (excluding diaryl/α,β-unsaturated/α-hetero) is 1. The maximum absolute atomic E-state index is 12.6. The molecule has 1 aliphatic heterocycles. The Morgan fingerprint density at radius 1 is 1.17 bits per heavy atom. The molecule has 1 aromatic rings. The number of imide groups is 1. The van der Waals surface area contributed by atoms with Crippen molar-refractivity contribution >= 4 is 40.8 Å². The number of amides is 3. The number of nitrogens with zero attached hydrogens (tertiary/aromatic N) is 1. The number of carbonyl (C=O) groups is 5. The first-order chi connectivity index (χ1) is 14.3. The lowest BCUT2D eigenvalue weighted by Crippen LogP contribution is -2.44. The van der Waals surface area contributed by atoms with Crippen molar-refractivity contribution in [1.29, 1.82) is 0 Å². The van der Waals surface area contributed by atoms with Gasteiger partial charge in [0.05, 0.1) is 16.7 Å². The molecule has 1 saturated heterocycles. The van der Waals surface area contributed by atoms with Crippen LogP contribution in [0.2, 0.25) is 0 Å². The highest BCUT2D eigenvalue weighted by atomic mass is 32.1. The van der Waals surface area contributed by atoms with E-state index in [1.54, 1.807) is 12.1 Å². The highest BCUT2D eigenvalue weighted by molar-refractivity contribution is 7.14. The lowest BCUT2D eigenvalue weighted by Gasteiger charge is -2.21. The molecule has 1 aromatic heterocycles. The van der Waals surface area contributed by atoms with Crippen molar-refractivity contribution in [2.45, 2.75) is 52.0 Å². The maximum Gasteiger partial charge on any atom is 0.329 e. The van der Waals surface area contributed by atoms with Crippen LogP contribution in [-0.2, 0) is 30.3 Å². The number of carbonyl (C=O) groups excluding carboxylic acids is 5. The van der Waals surface area contributed by atoms with Crippen LogP contribution in [0.5, 0.6) is 0 Å². The summed E-state index contributed by atoms with van der Waals surface area (Å²) in [5.74, 6) is -2.48. The van der Waals surface area contributed by atoms with Crippen molar-refractivity contribution in [3.05, 3.63) is 21.9 Å². The minimum Gasteiger partial charge on any atom is -0.456 e. The first kappa shape index (κ1) is 22.1. The van der Waals surface area contributed by atoms with Crippen LogP contribution >= 0.6 is 11.3 Å². The molecular formula is C21H26N2O6S. The monoisotopic (exact) mass is 434 g/mol. The van der Waals surface area contributed by atoms with Gasteiger partial charge < -0.3 is 10.1 Å². The molecule has 0 spiro atoms. The predicted molar refractivity (Wildman–Crippen MR) is 109 cm³/mol. The summed E-state index contributed by atoms with van der Waals surface area (Å²) in [6.07, 6.45) is 3.78. The molecule has 2 unspecified atom stereocenters. The average molecular weight is 435 g/mol. The van der Waals surface area contributed by atoms with E-state index in [4.69, 9.17) is 4.74 Å². The number of hydrogen-bond acceptors (Lipinski definition) is 7. The van der Waals surface area contributed by atoms with Crippen LogP contribution < -0.4 is 5.32 Å². The van der Waals surface area contributed by atoms with E-state index in [-0.39, 0.29) is 35.3 Å². The molecule has 8 nitrogen and oxygen atoms in total. The van der Waals surface area contributed by atoms with E-state index < -0.39 is 18.6 Å². The molecule has 3 atom stereocenters. The Hall–Kier alpha value is -2.55. The quantitative estimate of drug-likeness (QED) is 0.379. The van der Waals surface area contributed by atoms with E-state index in [0.29, 0.717) is 30.7 Å². The Balaban J connectivity index is 1.52. The van der Waals surface area contributed by atoms with Gasteiger partial charge in [0.1, 0.15) is 6.04 Å². The van der Waals surface area contributed by atoms with E-state index in [9.17, 15) is 24.0 Å². The molecule has 9 heteroatoms. The van der Waals surface area contributed by atoms with Crippen LogP contribution in [0.25, 0.3) is 0 Å². The van der Waals surface area contributed by atoms with Crippen molar-refractivity contribution in [2.75, 3.05) is 13.2 Å². The van der Waals surface area contributed by atoms with Crippen molar-refractivity contribution in [1.82, 2.24) is 10.2 Å². The van der Waals surface area contributed by atoms with Gasteiger partial charge in [0.2, 0.25) is 23.5 Å². The molecule has 1 N–H and O–H groups in total. The van der Waals surface area contributed by atoms with E-state index >= 15 is 0 Å². The van der Waals surface area contributed by atoms with Crippen LogP contribution in [0.4, 0.5) is 0 Å². The SMILES string of the molecule is CC(=O)NCCc1ccc(C(=O)COC(=O)[C@H](C)N2C(=O)C3CCCCC3C2=O)s1. The van der Waals surface area contributed by atoms with Crippen LogP contribution in [0, 0.1) is 11.8 Å². The van der Waals surface area contributed by atoms with Crippen LogP contribution in [0.3, 0.4) is 0 Å². The first-order valence-electron chi connectivity index (χ1n) is 10.2. The third-order valence-corrected chi connectivity index (χ3v) is 6.82. The third kappa shape index (κ3) is 4.77. The van der Waals surface area contributed by atoms with Crippen LogP contribution in [0.1, 0.15) is 54.1 Å². The zero-order valence-corrected chi connectivity index (χ0v) is 18.0. The summed E-state index contributed by atoms with van der Waals surface area (Å²) in [6.45, 7) is 2.94. The zero-order chi connectivity index (χ0) is 21.8. The van der Waals surface area contributed by atoms with Gasteiger partial charge in [0.15, 0.2) is 6.61 Å². The number of ether oxygens (including phenoxy) is 1. The summed E-state index contributed by atoms with van der Waals surface area (Å²) >= 11 is 1.28. The van der Waals surface area contributed by atoms with E-state index in [2.05, 4.69) is 5.32 Å². The fourth-order valence-electron chi connectivity index (χ4n) is 4.03. The number of thiophene rings is 1. The Morgan fingerprint density at radius 3 is 2.40 bits per heavy atom. The van der Waals surface area contributed by atoms with Crippen molar-refractivity contribution in [2.24, 2.45) is 11.8 Å². The lowest BCUT2D eigenvalue weighted by atomic mass is 9.81. The van der Waals surface area contributed by atoms with Gasteiger partial charge in [-0.2, -0.15) is 0 Å². The molecule has 0 aromatic carbocycles. The summed E-state index contributed by atoms with van der Waals surface area (Å²) in [5.41, 5.74) is 0. The van der Waals surface area contributed by atoms with Crippen LogP contribution in [0.15, 0.2) is 12.1 Å². The van der Waals surface area contributed by atoms with Crippen molar-refractivity contribution < 1.29 is 28.7 Å². The van der Waals surface area contributed by atoms with E-state index in [1.807, 2.05) is 0 Å². The Morgan fingerprint density at radius 2 is 1.80 bits per heavy atom. The molecule has 3 rings (SSSR count). The molecule has 3 amide bonds. The summed E-state index contributed by atoms with van der Waals surface area (Å²) in [6, 6.07) is 2.42. The highest BCUT2D eigenvalue weighted by Crippen LogP contribution is 2.38. The second-order valence-corrected chi connectivity index (χ2v) is 8.92. The molecule has 2 heterocycles. The Bertz CT molecular complexity index is 839. The molecule has 2 aliphatic rings. The Labute approximate surface area is 178 Å². The smallest absolute Gasteiger partial charge is 0.329 e. The molecule has 1 saturated carbocycles. The summed E-state index contributed by atoms with van der Waals surface area (Å²) < 4.78 is 5.12. The predicted octanol–water partition coefficient (Wildman–Crippen LogP) is 1.72. The van der Waals surface area contributed by atoms with Gasteiger partial charge >= 0.3 is 5.97 Å². The minimum atomic E-state index is -1.04. The summed E-state index contributed by atoms with van der Waals surface area (Å²) in [5, 5.41) is 2.69. The fraction of sp³-hybridized carbons (Fsp3) is 0.571. The van der Waals surface area contributed by atoms with Gasteiger partial charge in [-0.1, -0.05) is 12.8 Å². The summed E-state index contributed by atoms with van der Waals surface area (Å²) in [4.78, 5) is 63.3. The standard InChI is InChI=1S/C21H26N2O6S/c1-12(23-19(26)15-5-3-4-6-16(15)20(23)27)21(28)29-11-17(25)18-8-7-14(30-18)9-10-22-13(2)24/h7-8,12,15-16H,3-6,9-11H2,1-2H3,(H,22,24)/t12-,15?,16?/m0/s1. The number of ketones is 1. The number of esters is 1. The first-order valence-corrected chi connectivity index (χ1v) is 11.0. The fourth-order valence-corrected chi connectivity index (χ4v) is 4.96. The molecule has 162 valence electrons. The van der Waals surface area contributed by atoms with Crippen molar-refractivity contribution in [3.8, 4) is 0 Å². The lowest BCUT2D eigenvalue weighted by molar-refractivity contribution is -0.157. The normalized spacial score (nSPS) is 21.9. The topological polar surface area (TPSA) is 110 Å². The number of fused-ring (bicyclic) bond motifs is 1. The van der Waals surface area contributed by atoms with Crippen LogP contribution in [-0.4, -0.2) is 53.6 Å². The van der Waals surface area contributed by atoms with Gasteiger partial charge in [-0.25, -0.2) is 4.79 Å². The molecule has 30 heavy (non-hydrogen) atoms. The molecule has 0 bridgehead atoms. The molecular weight excluding hydrogens is 408 g/mol. The van der Waals surface area contributed by atoms with Crippen molar-refractivity contribution in [3.63, 3.8) is 0 Å². The average Bonchev–Trinajstić information content (AvgIpc) is 3.29. The van der Waals surface area contributed by atoms with Gasteiger partial charge in [-0.05, 0) is 38.3 Å². The minimum absolute atomic E-state index is 0.113. The Kier molecular flexibility index (Phi) is 7.02. The van der Waals surface area contributed by atoms with Gasteiger partial charge in [0.25, 0.3) is 0 Å². The highest BCUT2D eigenvalue weighted by Gasteiger charge is 2.51. The third-order valence-electron chi connectivity index (χ3n) is 5.63. The molecule has 2 fully saturated rings. The maximum atomic E-state index is 12.6. The van der Waals surface area contributed by atoms with E-state index in [1.165, 1.54) is 25.2 Å². The largest absolute Gasteiger partial charge is 0.456 e. The number of hydrogen-bond donors (Lipinski definition) is 1. The second-order valence-electron chi connectivity index (χ2n) is 7.75. The van der Waals surface area contributed by atoms with E-state index in [0.717, 1.165) is 22.6 Å². The second kappa shape index (κ2) is 9.51. The molecule has 0 radical (unpaired) electrons. The number of likely N-dealkylation sites (tertiary alicyclic amines) is 1. The molecule has 1 aliphatic carbocycles. The number of rotatable bonds is 8. The number of nitrogens with one attached hydrogen (secondary N) is 1. The van der Waals surface area contributed by atoms with Gasteiger partial charge in [-0.3, -0.25) is 24.1 Å². The summed E-state index contributed by atoms with van der Waals surface area (Å²) in [7, 11) is 0. The van der Waals surface area contributed by atoms with Gasteiger partial charge in [0, 0.05) is 18.3 Å². The zero-order valence-electron chi connectivity index (χ0n) is 17.1.